The van der Waals surface area contributed by atoms with Gasteiger partial charge in [-0.25, -0.2) is 4.98 Å². The molecule has 1 aliphatic heterocycles. The number of carbonyl (C=O) groups is 2. The first kappa shape index (κ1) is 24.8. The van der Waals surface area contributed by atoms with Crippen molar-refractivity contribution in [3.8, 4) is 0 Å². The van der Waals surface area contributed by atoms with Gasteiger partial charge in [0.05, 0.1) is 11.3 Å². The van der Waals surface area contributed by atoms with Gasteiger partial charge in [0.15, 0.2) is 0 Å². The second-order valence-corrected chi connectivity index (χ2v) is 8.27. The number of aromatic nitrogens is 1. The third-order valence-electron chi connectivity index (χ3n) is 5.81. The molecule has 188 valence electrons. The lowest BCUT2D eigenvalue weighted by Crippen LogP contribution is -2.52. The summed E-state index contributed by atoms with van der Waals surface area (Å²) in [5.74, 6) is -1.89. The molecule has 0 aliphatic carbocycles. The van der Waals surface area contributed by atoms with Crippen molar-refractivity contribution in [3.05, 3.63) is 78.0 Å². The van der Waals surface area contributed by atoms with Crippen LogP contribution in [-0.2, 0) is 11.3 Å². The van der Waals surface area contributed by atoms with Crippen molar-refractivity contribution in [1.29, 1.82) is 0 Å². The minimum Gasteiger partial charge on any atom is -0.380 e. The molecular formula is C25H25F3N6O2. The van der Waals surface area contributed by atoms with Crippen molar-refractivity contribution in [1.82, 2.24) is 9.88 Å². The number of anilines is 4. The number of nitrogens with one attached hydrogen (secondary N) is 2. The number of carbonyl (C=O) groups excluding carboxylic acids is 2. The van der Waals surface area contributed by atoms with Crippen LogP contribution in [0.5, 0.6) is 0 Å². The molecule has 0 spiro atoms. The van der Waals surface area contributed by atoms with E-state index in [2.05, 4.69) is 15.6 Å². The molecule has 2 aromatic carbocycles. The van der Waals surface area contributed by atoms with Gasteiger partial charge in [-0.1, -0.05) is 30.3 Å². The molecular weight excluding hydrogens is 473 g/mol. The summed E-state index contributed by atoms with van der Waals surface area (Å²) in [6.45, 7) is 1.13. The number of amides is 2. The molecule has 0 atom stereocenters. The molecule has 36 heavy (non-hydrogen) atoms. The van der Waals surface area contributed by atoms with Crippen LogP contribution in [0.2, 0.25) is 0 Å². The SMILES string of the molecule is NC(=O)c1cnc(Nc2ccc(N3CCN(C(=O)C(F)(F)F)CC3)cc2)cc1NCc1ccccc1. The van der Waals surface area contributed by atoms with E-state index in [1.54, 1.807) is 6.07 Å². The van der Waals surface area contributed by atoms with Crippen LogP contribution < -0.4 is 21.3 Å². The van der Waals surface area contributed by atoms with Crippen LogP contribution in [0.4, 0.5) is 36.1 Å². The van der Waals surface area contributed by atoms with Crippen LogP contribution in [0.3, 0.4) is 0 Å². The fraction of sp³-hybridized carbons (Fsp3) is 0.240. The Bertz CT molecular complexity index is 1210. The van der Waals surface area contributed by atoms with E-state index in [4.69, 9.17) is 5.73 Å². The molecule has 3 aromatic rings. The highest BCUT2D eigenvalue weighted by molar-refractivity contribution is 5.98. The molecule has 1 saturated heterocycles. The molecule has 8 nitrogen and oxygen atoms in total. The quantitative estimate of drug-likeness (QED) is 0.459. The molecule has 1 aromatic heterocycles. The van der Waals surface area contributed by atoms with Crippen LogP contribution >= 0.6 is 0 Å². The summed E-state index contributed by atoms with van der Waals surface area (Å²) < 4.78 is 37.9. The van der Waals surface area contributed by atoms with Gasteiger partial charge in [0, 0.05) is 56.4 Å². The number of halogens is 3. The number of alkyl halides is 3. The molecule has 0 radical (unpaired) electrons. The summed E-state index contributed by atoms with van der Waals surface area (Å²) in [5.41, 5.74) is 8.93. The minimum absolute atomic E-state index is 0.00718. The maximum Gasteiger partial charge on any atom is 0.471 e. The first-order valence-corrected chi connectivity index (χ1v) is 11.3. The highest BCUT2D eigenvalue weighted by Gasteiger charge is 2.43. The molecule has 0 unspecified atom stereocenters. The van der Waals surface area contributed by atoms with Crippen molar-refractivity contribution >= 4 is 34.7 Å². The average molecular weight is 499 g/mol. The van der Waals surface area contributed by atoms with Crippen LogP contribution in [0.25, 0.3) is 0 Å². The van der Waals surface area contributed by atoms with Crippen molar-refractivity contribution in [3.63, 3.8) is 0 Å². The summed E-state index contributed by atoms with van der Waals surface area (Å²) >= 11 is 0. The van der Waals surface area contributed by atoms with Crippen LogP contribution in [-0.4, -0.2) is 54.1 Å². The van der Waals surface area contributed by atoms with Gasteiger partial charge < -0.3 is 26.2 Å². The normalized spacial score (nSPS) is 13.9. The van der Waals surface area contributed by atoms with Crippen LogP contribution in [0.15, 0.2) is 66.9 Å². The van der Waals surface area contributed by atoms with E-state index in [9.17, 15) is 22.8 Å². The van der Waals surface area contributed by atoms with Gasteiger partial charge in [-0.15, -0.1) is 0 Å². The Morgan fingerprint density at radius 2 is 1.64 bits per heavy atom. The maximum absolute atomic E-state index is 12.6. The van der Waals surface area contributed by atoms with E-state index in [0.29, 0.717) is 31.1 Å². The molecule has 2 heterocycles. The van der Waals surface area contributed by atoms with Gasteiger partial charge in [-0.3, -0.25) is 9.59 Å². The van der Waals surface area contributed by atoms with E-state index in [-0.39, 0.29) is 18.7 Å². The van der Waals surface area contributed by atoms with Gasteiger partial charge in [0.25, 0.3) is 5.91 Å². The molecule has 4 rings (SSSR count). The standard InChI is InChI=1S/C25H25F3N6O2/c26-25(27,28)24(36)34-12-10-33(11-13-34)19-8-6-18(7-9-19)32-22-14-21(20(16-31-22)23(29)35)30-15-17-4-2-1-3-5-17/h1-9,14,16H,10-13,15H2,(H2,29,35)(H2,30,31,32). The lowest BCUT2D eigenvalue weighted by molar-refractivity contribution is -0.185. The van der Waals surface area contributed by atoms with E-state index >= 15 is 0 Å². The number of nitrogens with zero attached hydrogens (tertiary/aromatic N) is 3. The Hall–Kier alpha value is -4.28. The average Bonchev–Trinajstić information content (AvgIpc) is 2.87. The zero-order chi connectivity index (χ0) is 25.7. The maximum atomic E-state index is 12.6. The first-order chi connectivity index (χ1) is 17.2. The van der Waals surface area contributed by atoms with Crippen molar-refractivity contribution < 1.29 is 22.8 Å². The number of rotatable bonds is 7. The topological polar surface area (TPSA) is 104 Å². The zero-order valence-corrected chi connectivity index (χ0v) is 19.3. The van der Waals surface area contributed by atoms with Crippen molar-refractivity contribution in [2.45, 2.75) is 12.7 Å². The Labute approximate surface area is 205 Å². The summed E-state index contributed by atoms with van der Waals surface area (Å²) in [5, 5.41) is 6.40. The fourth-order valence-corrected chi connectivity index (χ4v) is 3.91. The lowest BCUT2D eigenvalue weighted by Gasteiger charge is -2.36. The molecule has 0 saturated carbocycles. The van der Waals surface area contributed by atoms with Crippen LogP contribution in [0.1, 0.15) is 15.9 Å². The monoisotopic (exact) mass is 498 g/mol. The van der Waals surface area contributed by atoms with Gasteiger partial charge in [0.2, 0.25) is 0 Å². The van der Waals surface area contributed by atoms with Crippen molar-refractivity contribution in [2.75, 3.05) is 41.7 Å². The van der Waals surface area contributed by atoms with Gasteiger partial charge in [0.1, 0.15) is 5.82 Å². The molecule has 1 aliphatic rings. The summed E-state index contributed by atoms with van der Waals surface area (Å²) in [7, 11) is 0. The first-order valence-electron chi connectivity index (χ1n) is 11.3. The Balaban J connectivity index is 1.39. The molecule has 4 N–H and O–H groups in total. The number of nitrogens with two attached hydrogens (primary N) is 1. The fourth-order valence-electron chi connectivity index (χ4n) is 3.91. The number of benzene rings is 2. The third-order valence-corrected chi connectivity index (χ3v) is 5.81. The number of pyridine rings is 1. The molecule has 2 amide bonds. The smallest absolute Gasteiger partial charge is 0.380 e. The largest absolute Gasteiger partial charge is 0.471 e. The summed E-state index contributed by atoms with van der Waals surface area (Å²) in [4.78, 5) is 30.3. The van der Waals surface area contributed by atoms with E-state index in [0.717, 1.165) is 21.8 Å². The number of hydrogen-bond donors (Lipinski definition) is 3. The predicted octanol–water partition coefficient (Wildman–Crippen LogP) is 3.75. The minimum atomic E-state index is -4.85. The second-order valence-electron chi connectivity index (χ2n) is 8.27. The van der Waals surface area contributed by atoms with E-state index < -0.39 is 18.0 Å². The summed E-state index contributed by atoms with van der Waals surface area (Å²) in [6.07, 6.45) is -3.44. The second kappa shape index (κ2) is 10.5. The zero-order valence-electron chi connectivity index (χ0n) is 19.3. The number of hydrogen-bond acceptors (Lipinski definition) is 6. The van der Waals surface area contributed by atoms with Gasteiger partial charge in [-0.05, 0) is 29.8 Å². The van der Waals surface area contributed by atoms with Gasteiger partial charge >= 0.3 is 12.1 Å². The Kier molecular flexibility index (Phi) is 7.28. The molecule has 11 heteroatoms. The Morgan fingerprint density at radius 1 is 0.972 bits per heavy atom. The van der Waals surface area contributed by atoms with Crippen molar-refractivity contribution in [2.24, 2.45) is 5.73 Å². The highest BCUT2D eigenvalue weighted by atomic mass is 19.4. The predicted molar refractivity (Wildman–Crippen MR) is 131 cm³/mol. The highest BCUT2D eigenvalue weighted by Crippen LogP contribution is 2.26. The van der Waals surface area contributed by atoms with E-state index in [1.165, 1.54) is 6.20 Å². The third kappa shape index (κ3) is 6.04. The van der Waals surface area contributed by atoms with E-state index in [1.807, 2.05) is 59.5 Å². The Morgan fingerprint density at radius 3 is 2.25 bits per heavy atom. The molecule has 0 bridgehead atoms. The number of primary amides is 1. The molecule has 1 fully saturated rings. The van der Waals surface area contributed by atoms with Gasteiger partial charge in [-0.2, -0.15) is 13.2 Å². The summed E-state index contributed by atoms with van der Waals surface area (Å²) in [6, 6.07) is 18.7. The number of piperazine rings is 1. The lowest BCUT2D eigenvalue weighted by atomic mass is 10.2. The van der Waals surface area contributed by atoms with Crippen LogP contribution in [0, 0.1) is 0 Å².